The van der Waals surface area contributed by atoms with Gasteiger partial charge < -0.3 is 0 Å². The Bertz CT molecular complexity index is 643. The van der Waals surface area contributed by atoms with E-state index in [0.29, 0.717) is 22.3 Å². The molecule has 2 rings (SSSR count). The minimum Gasteiger partial charge on any atom is -0.289 e. The van der Waals surface area contributed by atoms with Crippen molar-refractivity contribution in [2.75, 3.05) is 5.32 Å². The van der Waals surface area contributed by atoms with Gasteiger partial charge in [0.25, 0.3) is 5.69 Å². The van der Waals surface area contributed by atoms with E-state index in [4.69, 9.17) is 39.3 Å². The van der Waals surface area contributed by atoms with Crippen molar-refractivity contribution in [1.82, 2.24) is 5.27 Å². The second kappa shape index (κ2) is 6.43. The lowest BCUT2D eigenvalue weighted by Gasteiger charge is -1.99. The molecule has 0 spiro atoms. The first-order valence-corrected chi connectivity index (χ1v) is 6.96. The van der Waals surface area contributed by atoms with Gasteiger partial charge in [-0.3, -0.25) is 14.6 Å². The first-order chi connectivity index (χ1) is 9.51. The normalized spacial score (nSPS) is 10.6. The molecule has 1 aromatic heterocycles. The van der Waals surface area contributed by atoms with E-state index in [9.17, 15) is 4.79 Å². The monoisotopic (exact) mass is 334 g/mol. The number of aromatic nitrogens is 2. The van der Waals surface area contributed by atoms with Crippen LogP contribution in [0.1, 0.15) is 18.2 Å². The van der Waals surface area contributed by atoms with E-state index < -0.39 is 0 Å². The number of halogens is 3. The molecule has 0 aliphatic carbocycles. The minimum absolute atomic E-state index is 0.143. The lowest BCUT2D eigenvalue weighted by Crippen LogP contribution is -2.40. The van der Waals surface area contributed by atoms with Crippen LogP contribution in [0.4, 0.5) is 5.88 Å². The first kappa shape index (κ1) is 15.1. The summed E-state index contributed by atoms with van der Waals surface area (Å²) in [5, 5.41) is 7.46. The third kappa shape index (κ3) is 3.42. The van der Waals surface area contributed by atoms with Crippen LogP contribution in [-0.2, 0) is 17.2 Å². The molecule has 106 valence electrons. The predicted molar refractivity (Wildman–Crippen MR) is 76.1 cm³/mol. The highest BCUT2D eigenvalue weighted by atomic mass is 35.5. The average Bonchev–Trinajstić information content (AvgIpc) is 2.74. The molecule has 0 atom stereocenters. The number of benzene rings is 1. The Morgan fingerprint density at radius 3 is 2.80 bits per heavy atom. The molecule has 1 aromatic carbocycles. The highest BCUT2D eigenvalue weighted by Gasteiger charge is 2.25. The Hall–Kier alpha value is -1.30. The zero-order chi connectivity index (χ0) is 14.7. The molecule has 1 amide bonds. The van der Waals surface area contributed by atoms with Crippen molar-refractivity contribution in [3.8, 4) is 0 Å². The molecule has 20 heavy (non-hydrogen) atoms. The zero-order valence-corrected chi connectivity index (χ0v) is 12.8. The molecule has 0 saturated heterocycles. The third-order valence-corrected chi connectivity index (χ3v) is 3.40. The van der Waals surface area contributed by atoms with Crippen molar-refractivity contribution in [3.63, 3.8) is 0 Å². The first-order valence-electron chi connectivity index (χ1n) is 5.67. The van der Waals surface area contributed by atoms with Crippen molar-refractivity contribution in [1.29, 1.82) is 0 Å². The zero-order valence-electron chi connectivity index (χ0n) is 10.5. The topological polar surface area (TPSA) is 59.0 Å². The maximum atomic E-state index is 11.1. The van der Waals surface area contributed by atoms with Gasteiger partial charge in [-0.05, 0) is 22.9 Å². The van der Waals surface area contributed by atoms with Gasteiger partial charge in [0.15, 0.2) is 0 Å². The van der Waals surface area contributed by atoms with Crippen molar-refractivity contribution < 1.29 is 14.0 Å². The number of hydrogen-bond donors (Lipinski definition) is 1. The summed E-state index contributed by atoms with van der Waals surface area (Å²) in [6.45, 7) is 1.74. The van der Waals surface area contributed by atoms with Crippen LogP contribution in [0.2, 0.25) is 10.0 Å². The number of nitrogens with zero attached hydrogens (tertiary/aromatic N) is 2. The number of nitrogens with one attached hydrogen (secondary N) is 1. The van der Waals surface area contributed by atoms with Crippen molar-refractivity contribution >= 4 is 46.6 Å². The third-order valence-electron chi connectivity index (χ3n) is 2.56. The SMILES string of the molecule is CC(=O)Nc1on[n+](Cc2ccc(Cl)cc2Cl)c1CCl. The molecule has 1 N–H and O–H groups in total. The van der Waals surface area contributed by atoms with E-state index in [2.05, 4.69) is 10.6 Å². The summed E-state index contributed by atoms with van der Waals surface area (Å²) >= 11 is 17.8. The second-order valence-electron chi connectivity index (χ2n) is 4.06. The summed E-state index contributed by atoms with van der Waals surface area (Å²) in [7, 11) is 0. The van der Waals surface area contributed by atoms with E-state index in [-0.39, 0.29) is 17.7 Å². The fraction of sp³-hybridized carbons (Fsp3) is 0.250. The summed E-state index contributed by atoms with van der Waals surface area (Å²) < 4.78 is 6.60. The number of carbonyl (C=O) groups excluding carboxylic acids is 1. The van der Waals surface area contributed by atoms with Gasteiger partial charge in [-0.25, -0.2) is 0 Å². The van der Waals surface area contributed by atoms with Crippen LogP contribution < -0.4 is 10.00 Å². The minimum atomic E-state index is -0.260. The highest BCUT2D eigenvalue weighted by molar-refractivity contribution is 6.35. The molecule has 2 aromatic rings. The Labute approximate surface area is 130 Å². The molecule has 0 unspecified atom stereocenters. The van der Waals surface area contributed by atoms with E-state index in [1.807, 2.05) is 0 Å². The number of rotatable bonds is 4. The van der Waals surface area contributed by atoms with E-state index in [0.717, 1.165) is 5.56 Å². The van der Waals surface area contributed by atoms with Crippen LogP contribution >= 0.6 is 34.8 Å². The Balaban J connectivity index is 2.29. The fourth-order valence-electron chi connectivity index (χ4n) is 1.63. The number of hydrogen-bond acceptors (Lipinski definition) is 3. The van der Waals surface area contributed by atoms with Crippen molar-refractivity contribution in [2.24, 2.45) is 0 Å². The molecule has 0 bridgehead atoms. The molecule has 0 saturated carbocycles. The van der Waals surface area contributed by atoms with Crippen LogP contribution in [0.3, 0.4) is 0 Å². The molecular weight excluding hydrogens is 325 g/mol. The molecule has 1 heterocycles. The lowest BCUT2D eigenvalue weighted by atomic mass is 10.2. The van der Waals surface area contributed by atoms with Crippen LogP contribution in [0.25, 0.3) is 0 Å². The van der Waals surface area contributed by atoms with Gasteiger partial charge in [0.2, 0.25) is 17.7 Å². The molecule has 8 heteroatoms. The number of alkyl halides is 1. The highest BCUT2D eigenvalue weighted by Crippen LogP contribution is 2.21. The van der Waals surface area contributed by atoms with Gasteiger partial charge in [0, 0.05) is 17.5 Å². The summed E-state index contributed by atoms with van der Waals surface area (Å²) in [4.78, 5) is 11.1. The van der Waals surface area contributed by atoms with Crippen molar-refractivity contribution in [2.45, 2.75) is 19.3 Å². The van der Waals surface area contributed by atoms with Crippen LogP contribution in [0, 0.1) is 0 Å². The quantitative estimate of drug-likeness (QED) is 0.690. The van der Waals surface area contributed by atoms with E-state index >= 15 is 0 Å². The van der Waals surface area contributed by atoms with Gasteiger partial charge >= 0.3 is 5.88 Å². The molecule has 0 aliphatic rings. The number of anilines is 1. The number of amides is 1. The maximum Gasteiger partial charge on any atom is 0.306 e. The summed E-state index contributed by atoms with van der Waals surface area (Å²) in [5.74, 6) is 0.117. The summed E-state index contributed by atoms with van der Waals surface area (Å²) in [6.07, 6.45) is 0. The summed E-state index contributed by atoms with van der Waals surface area (Å²) in [6, 6.07) is 5.18. The van der Waals surface area contributed by atoms with Crippen LogP contribution in [0.15, 0.2) is 22.7 Å². The maximum absolute atomic E-state index is 11.1. The standard InChI is InChI=1S/C12H10Cl3N3O2/c1-7(19)16-12-11(5-13)18(17-20-12)6-8-2-3-9(14)4-10(8)15/h2-4H,5-6H2,1H3/p+1. The smallest absolute Gasteiger partial charge is 0.289 e. The molecule has 5 nitrogen and oxygen atoms in total. The lowest BCUT2D eigenvalue weighted by molar-refractivity contribution is -0.760. The largest absolute Gasteiger partial charge is 0.306 e. The summed E-state index contributed by atoms with van der Waals surface area (Å²) in [5.41, 5.74) is 1.38. The van der Waals surface area contributed by atoms with Crippen LogP contribution in [0.5, 0.6) is 0 Å². The predicted octanol–water partition coefficient (Wildman–Crippen LogP) is 3.01. The van der Waals surface area contributed by atoms with Crippen molar-refractivity contribution in [3.05, 3.63) is 39.5 Å². The number of carbonyl (C=O) groups is 1. The molecular formula is C12H11Cl3N3O2+. The molecule has 0 fully saturated rings. The Kier molecular flexibility index (Phi) is 4.86. The van der Waals surface area contributed by atoms with Gasteiger partial charge in [0.05, 0.1) is 5.02 Å². The average molecular weight is 336 g/mol. The van der Waals surface area contributed by atoms with E-state index in [1.54, 1.807) is 18.2 Å². The molecule has 0 radical (unpaired) electrons. The van der Waals surface area contributed by atoms with Gasteiger partial charge in [-0.1, -0.05) is 23.2 Å². The molecule has 0 aliphatic heterocycles. The Morgan fingerprint density at radius 1 is 1.45 bits per heavy atom. The Morgan fingerprint density at radius 2 is 2.20 bits per heavy atom. The van der Waals surface area contributed by atoms with Gasteiger partial charge in [-0.2, -0.15) is 0 Å². The second-order valence-corrected chi connectivity index (χ2v) is 5.17. The van der Waals surface area contributed by atoms with Gasteiger partial charge in [0.1, 0.15) is 5.88 Å². The van der Waals surface area contributed by atoms with E-state index in [1.165, 1.54) is 11.6 Å². The fourth-order valence-corrected chi connectivity index (χ4v) is 2.36. The van der Waals surface area contributed by atoms with Crippen LogP contribution in [-0.4, -0.2) is 11.2 Å². The van der Waals surface area contributed by atoms with Gasteiger partial charge in [-0.15, -0.1) is 11.6 Å².